The highest BCUT2D eigenvalue weighted by molar-refractivity contribution is 5.94. The first-order valence-corrected chi connectivity index (χ1v) is 11.9. The predicted molar refractivity (Wildman–Crippen MR) is 130 cm³/mol. The third-order valence-corrected chi connectivity index (χ3v) is 6.40. The van der Waals surface area contributed by atoms with Crippen molar-refractivity contribution in [2.45, 2.75) is 51.6 Å². The maximum absolute atomic E-state index is 12.3. The molecule has 6 nitrogen and oxygen atoms in total. The average Bonchev–Trinajstić information content (AvgIpc) is 3.25. The zero-order valence-corrected chi connectivity index (χ0v) is 19.5. The zero-order valence-electron chi connectivity index (χ0n) is 19.5. The molecule has 1 amide bonds. The van der Waals surface area contributed by atoms with Gasteiger partial charge in [-0.3, -0.25) is 9.59 Å². The third-order valence-electron chi connectivity index (χ3n) is 6.40. The molecule has 0 bridgehead atoms. The molecule has 178 valence electrons. The van der Waals surface area contributed by atoms with Crippen LogP contribution in [0.15, 0.2) is 65.1 Å². The first-order chi connectivity index (χ1) is 16.5. The number of nitrogens with one attached hydrogen (secondary N) is 1. The molecule has 1 heterocycles. The SMILES string of the molecule is Cc1oc(-c2ccccc2)cc1C(Oc1ccc(C(=O)NCCC(=O)O)cc1)C1CCCCC1. The smallest absolute Gasteiger partial charge is 0.305 e. The van der Waals surface area contributed by atoms with Crippen molar-refractivity contribution in [3.8, 4) is 17.1 Å². The number of benzene rings is 2. The molecule has 1 unspecified atom stereocenters. The van der Waals surface area contributed by atoms with Crippen LogP contribution in [0.2, 0.25) is 0 Å². The van der Waals surface area contributed by atoms with E-state index in [1.165, 1.54) is 19.3 Å². The van der Waals surface area contributed by atoms with E-state index in [-0.39, 0.29) is 25.0 Å². The minimum Gasteiger partial charge on any atom is -0.485 e. The summed E-state index contributed by atoms with van der Waals surface area (Å²) >= 11 is 0. The number of aryl methyl sites for hydroxylation is 1. The summed E-state index contributed by atoms with van der Waals surface area (Å²) in [5.74, 6) is 1.56. The average molecular weight is 462 g/mol. The first-order valence-electron chi connectivity index (χ1n) is 11.9. The molecule has 2 aromatic carbocycles. The number of hydrogen-bond acceptors (Lipinski definition) is 4. The van der Waals surface area contributed by atoms with E-state index in [0.29, 0.717) is 17.2 Å². The maximum Gasteiger partial charge on any atom is 0.305 e. The molecule has 34 heavy (non-hydrogen) atoms. The van der Waals surface area contributed by atoms with Crippen molar-refractivity contribution in [3.63, 3.8) is 0 Å². The van der Waals surface area contributed by atoms with E-state index < -0.39 is 5.97 Å². The summed E-state index contributed by atoms with van der Waals surface area (Å²) in [5.41, 5.74) is 2.58. The molecular weight excluding hydrogens is 430 g/mol. The van der Waals surface area contributed by atoms with Gasteiger partial charge in [-0.15, -0.1) is 0 Å². The van der Waals surface area contributed by atoms with Crippen molar-refractivity contribution in [1.29, 1.82) is 0 Å². The van der Waals surface area contributed by atoms with Gasteiger partial charge in [0.15, 0.2) is 0 Å². The lowest BCUT2D eigenvalue weighted by molar-refractivity contribution is -0.136. The molecule has 1 aliphatic rings. The van der Waals surface area contributed by atoms with E-state index in [2.05, 4.69) is 11.4 Å². The monoisotopic (exact) mass is 461 g/mol. The highest BCUT2D eigenvalue weighted by Gasteiger charge is 2.30. The molecule has 4 rings (SSSR count). The summed E-state index contributed by atoms with van der Waals surface area (Å²) < 4.78 is 12.7. The van der Waals surface area contributed by atoms with Gasteiger partial charge in [-0.05, 0) is 50.1 Å². The van der Waals surface area contributed by atoms with Crippen molar-refractivity contribution in [1.82, 2.24) is 5.32 Å². The Bertz CT molecular complexity index is 1100. The molecule has 0 aliphatic heterocycles. The van der Waals surface area contributed by atoms with Crippen LogP contribution in [0.4, 0.5) is 0 Å². The van der Waals surface area contributed by atoms with Crippen LogP contribution >= 0.6 is 0 Å². The van der Waals surface area contributed by atoms with E-state index in [1.807, 2.05) is 37.3 Å². The number of carboxylic acid groups (broad SMARTS) is 1. The largest absolute Gasteiger partial charge is 0.485 e. The minimum absolute atomic E-state index is 0.0969. The van der Waals surface area contributed by atoms with Crippen molar-refractivity contribution in [2.75, 3.05) is 6.54 Å². The molecule has 3 aromatic rings. The van der Waals surface area contributed by atoms with Gasteiger partial charge >= 0.3 is 5.97 Å². The molecule has 1 aromatic heterocycles. The second kappa shape index (κ2) is 11.1. The fourth-order valence-corrected chi connectivity index (χ4v) is 4.59. The Kier molecular flexibility index (Phi) is 7.68. The Morgan fingerprint density at radius 2 is 1.76 bits per heavy atom. The fraction of sp³-hybridized carbons (Fsp3) is 0.357. The fourth-order valence-electron chi connectivity index (χ4n) is 4.59. The molecule has 1 atom stereocenters. The molecule has 1 aliphatic carbocycles. The number of carboxylic acids is 1. The molecule has 0 spiro atoms. The van der Waals surface area contributed by atoms with E-state index >= 15 is 0 Å². The van der Waals surface area contributed by atoms with Crippen LogP contribution < -0.4 is 10.1 Å². The number of rotatable bonds is 9. The predicted octanol–water partition coefficient (Wildman–Crippen LogP) is 6.16. The van der Waals surface area contributed by atoms with E-state index in [9.17, 15) is 9.59 Å². The van der Waals surface area contributed by atoms with Crippen LogP contribution in [0.1, 0.15) is 66.3 Å². The molecule has 1 saturated carbocycles. The van der Waals surface area contributed by atoms with E-state index in [0.717, 1.165) is 35.5 Å². The van der Waals surface area contributed by atoms with Crippen LogP contribution in [0.5, 0.6) is 5.75 Å². The summed E-state index contributed by atoms with van der Waals surface area (Å²) in [6, 6.07) is 19.2. The van der Waals surface area contributed by atoms with Gasteiger partial charge in [-0.1, -0.05) is 49.6 Å². The van der Waals surface area contributed by atoms with E-state index in [4.69, 9.17) is 14.3 Å². The van der Waals surface area contributed by atoms with Gasteiger partial charge in [0, 0.05) is 29.2 Å². The highest BCUT2D eigenvalue weighted by Crippen LogP contribution is 2.41. The van der Waals surface area contributed by atoms with Gasteiger partial charge in [-0.25, -0.2) is 0 Å². The lowest BCUT2D eigenvalue weighted by atomic mass is 9.82. The molecular formula is C28H31NO5. The van der Waals surface area contributed by atoms with Crippen LogP contribution in [-0.2, 0) is 4.79 Å². The Morgan fingerprint density at radius 3 is 2.44 bits per heavy atom. The molecule has 0 radical (unpaired) electrons. The molecule has 0 saturated heterocycles. The normalized spacial score (nSPS) is 15.0. The number of hydrogen-bond donors (Lipinski definition) is 2. The van der Waals surface area contributed by atoms with Gasteiger partial charge in [-0.2, -0.15) is 0 Å². The Morgan fingerprint density at radius 1 is 1.06 bits per heavy atom. The first kappa shape index (κ1) is 23.6. The Labute approximate surface area is 199 Å². The molecule has 1 fully saturated rings. The van der Waals surface area contributed by atoms with Crippen LogP contribution in [-0.4, -0.2) is 23.5 Å². The summed E-state index contributed by atoms with van der Waals surface area (Å²) in [5, 5.41) is 11.4. The summed E-state index contributed by atoms with van der Waals surface area (Å²) in [6.07, 6.45) is 5.64. The lowest BCUT2D eigenvalue weighted by Gasteiger charge is -2.30. The molecule has 6 heteroatoms. The number of amides is 1. The van der Waals surface area contributed by atoms with Crippen LogP contribution in [0, 0.1) is 12.8 Å². The van der Waals surface area contributed by atoms with Gasteiger partial charge in [0.2, 0.25) is 0 Å². The minimum atomic E-state index is -0.942. The number of carbonyl (C=O) groups excluding carboxylic acids is 1. The highest BCUT2D eigenvalue weighted by atomic mass is 16.5. The third kappa shape index (κ3) is 5.87. The van der Waals surface area contributed by atoms with Crippen LogP contribution in [0.25, 0.3) is 11.3 Å². The van der Waals surface area contributed by atoms with E-state index in [1.54, 1.807) is 24.3 Å². The number of ether oxygens (including phenoxy) is 1. The Hall–Kier alpha value is -3.54. The van der Waals surface area contributed by atoms with Gasteiger partial charge in [0.05, 0.1) is 6.42 Å². The standard InChI is InChI=1S/C28H31NO5/c1-19-24(18-25(33-19)20-8-4-2-5-9-20)27(21-10-6-3-7-11-21)34-23-14-12-22(13-15-23)28(32)29-17-16-26(30)31/h2,4-5,8-9,12-15,18,21,27H,3,6-7,10-11,16-17H2,1H3,(H,29,32)(H,30,31). The molecule has 2 N–H and O–H groups in total. The zero-order chi connectivity index (χ0) is 23.9. The summed E-state index contributed by atoms with van der Waals surface area (Å²) in [7, 11) is 0. The number of furan rings is 1. The van der Waals surface area contributed by atoms with Gasteiger partial charge < -0.3 is 19.6 Å². The van der Waals surface area contributed by atoms with Gasteiger partial charge in [0.25, 0.3) is 5.91 Å². The summed E-state index contributed by atoms with van der Waals surface area (Å²) in [4.78, 5) is 22.9. The van der Waals surface area contributed by atoms with Gasteiger partial charge in [0.1, 0.15) is 23.4 Å². The van der Waals surface area contributed by atoms with Crippen molar-refractivity contribution >= 4 is 11.9 Å². The maximum atomic E-state index is 12.3. The Balaban J connectivity index is 1.53. The second-order valence-corrected chi connectivity index (χ2v) is 8.85. The second-order valence-electron chi connectivity index (χ2n) is 8.85. The quantitative estimate of drug-likeness (QED) is 0.398. The van der Waals surface area contributed by atoms with Crippen LogP contribution in [0.3, 0.4) is 0 Å². The number of carbonyl (C=O) groups is 2. The number of aliphatic carboxylic acids is 1. The summed E-state index contributed by atoms with van der Waals surface area (Å²) in [6.45, 7) is 2.09. The lowest BCUT2D eigenvalue weighted by Crippen LogP contribution is -2.26. The topological polar surface area (TPSA) is 88.8 Å². The van der Waals surface area contributed by atoms with Crippen molar-refractivity contribution in [3.05, 3.63) is 77.6 Å². The van der Waals surface area contributed by atoms with Crippen molar-refractivity contribution < 1.29 is 23.8 Å². The van der Waals surface area contributed by atoms with Crippen molar-refractivity contribution in [2.24, 2.45) is 5.92 Å².